The molecule has 0 radical (unpaired) electrons. The number of ketones is 1. The van der Waals surface area contributed by atoms with E-state index in [4.69, 9.17) is 0 Å². The number of aryl methyl sites for hydroxylation is 1. The van der Waals surface area contributed by atoms with Crippen molar-refractivity contribution >= 4 is 23.3 Å². The number of benzene rings is 1. The molecule has 2 atom stereocenters. The topological polar surface area (TPSA) is 101 Å². The first-order chi connectivity index (χ1) is 11.7. The predicted octanol–water partition coefficient (Wildman–Crippen LogP) is 1.95. The number of amides is 1. The van der Waals surface area contributed by atoms with Gasteiger partial charge in [0.15, 0.2) is 5.82 Å². The minimum atomic E-state index is -0.969. The summed E-state index contributed by atoms with van der Waals surface area (Å²) in [4.78, 5) is 40.1. The average molecular weight is 341 g/mol. The summed E-state index contributed by atoms with van der Waals surface area (Å²) in [7, 11) is 1.73. The Hall–Kier alpha value is -2.96. The van der Waals surface area contributed by atoms with E-state index in [1.54, 1.807) is 62.1 Å². The molecule has 0 unspecified atom stereocenters. The fraction of sp³-hybridized carbons (Fsp3) is 0.333. The van der Waals surface area contributed by atoms with E-state index in [1.165, 1.54) is 0 Å². The Balaban J connectivity index is 1.77. The fourth-order valence-corrected chi connectivity index (χ4v) is 3.26. The van der Waals surface area contributed by atoms with Gasteiger partial charge in [0.25, 0.3) is 0 Å². The van der Waals surface area contributed by atoms with Crippen LogP contribution in [-0.2, 0) is 16.6 Å². The first-order valence-electron chi connectivity index (χ1n) is 7.89. The van der Waals surface area contributed by atoms with Crippen LogP contribution in [0.4, 0.5) is 5.69 Å². The van der Waals surface area contributed by atoms with Gasteiger partial charge < -0.3 is 15.0 Å². The number of anilines is 1. The summed E-state index contributed by atoms with van der Waals surface area (Å²) in [6.45, 7) is 3.52. The quantitative estimate of drug-likeness (QED) is 0.810. The molecule has 25 heavy (non-hydrogen) atoms. The lowest BCUT2D eigenvalue weighted by molar-refractivity contribution is -0.140. The monoisotopic (exact) mass is 341 g/mol. The summed E-state index contributed by atoms with van der Waals surface area (Å²) in [5.41, 5.74) is 0.282. The van der Waals surface area contributed by atoms with E-state index in [-0.39, 0.29) is 11.7 Å². The van der Waals surface area contributed by atoms with E-state index >= 15 is 0 Å². The van der Waals surface area contributed by atoms with Crippen molar-refractivity contribution in [2.24, 2.45) is 24.3 Å². The van der Waals surface area contributed by atoms with E-state index in [0.717, 1.165) is 0 Å². The molecule has 0 bridgehead atoms. The van der Waals surface area contributed by atoms with Gasteiger partial charge >= 0.3 is 5.97 Å². The van der Waals surface area contributed by atoms with E-state index < -0.39 is 23.2 Å². The molecule has 0 saturated heterocycles. The number of carboxylic acids is 1. The molecule has 7 nitrogen and oxygen atoms in total. The first-order valence-corrected chi connectivity index (χ1v) is 7.89. The lowest BCUT2D eigenvalue weighted by atomic mass is 10.1. The van der Waals surface area contributed by atoms with Crippen LogP contribution in [0.2, 0.25) is 0 Å². The van der Waals surface area contributed by atoms with Crippen LogP contribution < -0.4 is 5.32 Å². The van der Waals surface area contributed by atoms with Crippen LogP contribution in [0.1, 0.15) is 30.0 Å². The van der Waals surface area contributed by atoms with Crippen molar-refractivity contribution in [1.82, 2.24) is 9.55 Å². The first kappa shape index (κ1) is 16.9. The Morgan fingerprint density at radius 1 is 1.24 bits per heavy atom. The van der Waals surface area contributed by atoms with Gasteiger partial charge in [0.2, 0.25) is 11.7 Å². The molecule has 0 aliphatic heterocycles. The van der Waals surface area contributed by atoms with Crippen LogP contribution in [0, 0.1) is 17.3 Å². The number of rotatable bonds is 5. The van der Waals surface area contributed by atoms with E-state index in [9.17, 15) is 19.5 Å². The molecule has 2 aromatic rings. The number of imidazole rings is 1. The van der Waals surface area contributed by atoms with Crippen molar-refractivity contribution in [3.8, 4) is 0 Å². The predicted molar refractivity (Wildman–Crippen MR) is 90.1 cm³/mol. The van der Waals surface area contributed by atoms with Crippen molar-refractivity contribution in [2.75, 3.05) is 5.32 Å². The number of carboxylic acid groups (broad SMARTS) is 1. The molecule has 3 rings (SSSR count). The number of carbonyl (C=O) groups is 3. The second-order valence-corrected chi connectivity index (χ2v) is 6.88. The zero-order valence-corrected chi connectivity index (χ0v) is 14.2. The third-order valence-electron chi connectivity index (χ3n) is 4.79. The maximum Gasteiger partial charge on any atom is 0.307 e. The molecule has 2 N–H and O–H groups in total. The Morgan fingerprint density at radius 2 is 1.96 bits per heavy atom. The van der Waals surface area contributed by atoms with Crippen molar-refractivity contribution < 1.29 is 19.5 Å². The highest BCUT2D eigenvalue weighted by Gasteiger charge is 2.65. The zero-order chi connectivity index (χ0) is 18.4. The summed E-state index contributed by atoms with van der Waals surface area (Å²) in [6, 6.07) is 6.55. The number of aromatic nitrogens is 2. The average Bonchev–Trinajstić information content (AvgIpc) is 2.89. The van der Waals surface area contributed by atoms with Crippen molar-refractivity contribution in [3.63, 3.8) is 0 Å². The summed E-state index contributed by atoms with van der Waals surface area (Å²) >= 11 is 0. The Kier molecular flexibility index (Phi) is 3.94. The van der Waals surface area contributed by atoms with E-state index in [2.05, 4.69) is 10.3 Å². The molecule has 1 fully saturated rings. The smallest absolute Gasteiger partial charge is 0.307 e. The van der Waals surface area contributed by atoms with Gasteiger partial charge in [-0.2, -0.15) is 0 Å². The van der Waals surface area contributed by atoms with Crippen molar-refractivity contribution in [3.05, 3.63) is 48.0 Å². The molecule has 1 amide bonds. The van der Waals surface area contributed by atoms with Crippen LogP contribution >= 0.6 is 0 Å². The molecule has 0 spiro atoms. The van der Waals surface area contributed by atoms with Crippen LogP contribution in [0.5, 0.6) is 0 Å². The van der Waals surface area contributed by atoms with E-state index in [1.807, 2.05) is 0 Å². The molecule has 1 aliphatic rings. The largest absolute Gasteiger partial charge is 0.481 e. The van der Waals surface area contributed by atoms with Gasteiger partial charge in [-0.15, -0.1) is 0 Å². The summed E-state index contributed by atoms with van der Waals surface area (Å²) < 4.78 is 1.62. The maximum atomic E-state index is 12.5. The maximum absolute atomic E-state index is 12.5. The standard InChI is InChI=1S/C18H19N3O4/c1-18(2)12(13(18)17(24)25)16(23)20-11-6-4-5-10(9-11)14(22)15-19-7-8-21(15)3/h4-9,12-13H,1-3H3,(H,20,23)(H,24,25)/t12-,13+/m0/s1. The number of hydrogen-bond acceptors (Lipinski definition) is 4. The van der Waals surface area contributed by atoms with Gasteiger partial charge in [-0.25, -0.2) is 4.98 Å². The molecule has 1 saturated carbocycles. The van der Waals surface area contributed by atoms with Crippen molar-refractivity contribution in [1.29, 1.82) is 0 Å². The van der Waals surface area contributed by atoms with Crippen LogP contribution in [0.15, 0.2) is 36.7 Å². The normalized spacial score (nSPS) is 20.8. The van der Waals surface area contributed by atoms with Crippen LogP contribution in [0.3, 0.4) is 0 Å². The number of aliphatic carboxylic acids is 1. The van der Waals surface area contributed by atoms with Crippen LogP contribution in [-0.4, -0.2) is 32.3 Å². The summed E-state index contributed by atoms with van der Waals surface area (Å²) in [5.74, 6) is -2.54. The second kappa shape index (κ2) is 5.84. The highest BCUT2D eigenvalue weighted by molar-refractivity contribution is 6.08. The number of nitrogens with zero attached hydrogens (tertiary/aromatic N) is 2. The molecule has 1 heterocycles. The Bertz CT molecular complexity index is 869. The Labute approximate surface area is 144 Å². The van der Waals surface area contributed by atoms with Gasteiger partial charge in [-0.1, -0.05) is 26.0 Å². The third-order valence-corrected chi connectivity index (χ3v) is 4.79. The third kappa shape index (κ3) is 2.93. The molecule has 1 aliphatic carbocycles. The lowest BCUT2D eigenvalue weighted by Crippen LogP contribution is -2.18. The Morgan fingerprint density at radius 3 is 2.52 bits per heavy atom. The lowest BCUT2D eigenvalue weighted by Gasteiger charge is -2.08. The fourth-order valence-electron chi connectivity index (χ4n) is 3.26. The van der Waals surface area contributed by atoms with Gasteiger partial charge in [-0.3, -0.25) is 14.4 Å². The second-order valence-electron chi connectivity index (χ2n) is 6.88. The minimum absolute atomic E-state index is 0.251. The number of carbonyl (C=O) groups excluding carboxylic acids is 2. The molecular formula is C18H19N3O4. The summed E-state index contributed by atoms with van der Waals surface area (Å²) in [5, 5.41) is 11.9. The SMILES string of the molecule is Cn1ccnc1C(=O)c1cccc(NC(=O)[C@@H]2[C@H](C(=O)O)C2(C)C)c1. The van der Waals surface area contributed by atoms with Gasteiger partial charge in [0.1, 0.15) is 0 Å². The molecular weight excluding hydrogens is 322 g/mol. The number of hydrogen-bond donors (Lipinski definition) is 2. The highest BCUT2D eigenvalue weighted by atomic mass is 16.4. The van der Waals surface area contributed by atoms with Gasteiger partial charge in [0, 0.05) is 30.7 Å². The summed E-state index contributed by atoms with van der Waals surface area (Å²) in [6.07, 6.45) is 3.22. The highest BCUT2D eigenvalue weighted by Crippen LogP contribution is 2.58. The molecule has 1 aromatic carbocycles. The number of nitrogens with one attached hydrogen (secondary N) is 1. The van der Waals surface area contributed by atoms with Gasteiger partial charge in [0.05, 0.1) is 11.8 Å². The minimum Gasteiger partial charge on any atom is -0.481 e. The molecule has 130 valence electrons. The van der Waals surface area contributed by atoms with Gasteiger partial charge in [-0.05, 0) is 17.5 Å². The van der Waals surface area contributed by atoms with Crippen molar-refractivity contribution in [2.45, 2.75) is 13.8 Å². The van der Waals surface area contributed by atoms with Crippen LogP contribution in [0.25, 0.3) is 0 Å². The van der Waals surface area contributed by atoms with E-state index in [0.29, 0.717) is 17.1 Å². The zero-order valence-electron chi connectivity index (χ0n) is 14.2. The molecule has 1 aromatic heterocycles. The molecule has 7 heteroatoms.